The Kier molecular flexibility index (Phi) is 5.42. The molecule has 1 N–H and O–H groups in total. The van der Waals surface area contributed by atoms with E-state index in [9.17, 15) is 5.11 Å². The second-order valence-corrected chi connectivity index (χ2v) is 5.91. The van der Waals surface area contributed by atoms with Crippen LogP contribution in [0.3, 0.4) is 0 Å². The summed E-state index contributed by atoms with van der Waals surface area (Å²) in [6.45, 7) is 7.25. The molecule has 0 spiro atoms. The third-order valence-corrected chi connectivity index (χ3v) is 3.49. The van der Waals surface area contributed by atoms with Crippen molar-refractivity contribution >= 4 is 5.76 Å². The van der Waals surface area contributed by atoms with Crippen molar-refractivity contribution in [3.63, 3.8) is 0 Å². The molecule has 0 aliphatic rings. The monoisotopic (exact) mass is 294 g/mol. The van der Waals surface area contributed by atoms with Crippen molar-refractivity contribution < 1.29 is 19.3 Å². The SMILES string of the molecule is CO/C(=C(/C(C)(C)O)C(C)(C)OC)c1cccc(OC)c1. The van der Waals surface area contributed by atoms with Crippen molar-refractivity contribution in [3.8, 4) is 5.75 Å². The molecule has 0 heterocycles. The van der Waals surface area contributed by atoms with E-state index in [1.165, 1.54) is 0 Å². The number of benzene rings is 1. The molecule has 0 aliphatic carbocycles. The van der Waals surface area contributed by atoms with E-state index in [2.05, 4.69) is 0 Å². The first-order valence-corrected chi connectivity index (χ1v) is 6.88. The first-order valence-electron chi connectivity index (χ1n) is 6.88. The summed E-state index contributed by atoms with van der Waals surface area (Å²) < 4.78 is 16.4. The molecule has 1 aromatic carbocycles. The van der Waals surface area contributed by atoms with Crippen molar-refractivity contribution in [2.45, 2.75) is 38.9 Å². The minimum absolute atomic E-state index is 0.591. The zero-order valence-corrected chi connectivity index (χ0v) is 14.0. The first-order chi connectivity index (χ1) is 9.67. The van der Waals surface area contributed by atoms with Gasteiger partial charge in [0.1, 0.15) is 11.5 Å². The normalized spacial score (nSPS) is 13.7. The van der Waals surface area contributed by atoms with Crippen molar-refractivity contribution in [2.75, 3.05) is 21.3 Å². The van der Waals surface area contributed by atoms with Gasteiger partial charge in [0, 0.05) is 18.2 Å². The molecular formula is C17H26O4. The van der Waals surface area contributed by atoms with Crippen LogP contribution < -0.4 is 4.74 Å². The molecule has 0 bridgehead atoms. The Morgan fingerprint density at radius 2 is 1.67 bits per heavy atom. The van der Waals surface area contributed by atoms with E-state index < -0.39 is 11.2 Å². The second-order valence-electron chi connectivity index (χ2n) is 5.91. The maximum atomic E-state index is 10.6. The van der Waals surface area contributed by atoms with Crippen molar-refractivity contribution in [3.05, 3.63) is 35.4 Å². The maximum absolute atomic E-state index is 10.6. The Morgan fingerprint density at radius 3 is 2.10 bits per heavy atom. The van der Waals surface area contributed by atoms with E-state index >= 15 is 0 Å². The summed E-state index contributed by atoms with van der Waals surface area (Å²) in [5.74, 6) is 1.32. The van der Waals surface area contributed by atoms with Gasteiger partial charge in [0.05, 0.1) is 25.4 Å². The average Bonchev–Trinajstić information content (AvgIpc) is 2.43. The molecule has 21 heavy (non-hydrogen) atoms. The van der Waals surface area contributed by atoms with Gasteiger partial charge in [-0.05, 0) is 39.8 Å². The van der Waals surface area contributed by atoms with Gasteiger partial charge < -0.3 is 19.3 Å². The van der Waals surface area contributed by atoms with Gasteiger partial charge in [-0.25, -0.2) is 0 Å². The predicted molar refractivity (Wildman–Crippen MR) is 84.3 cm³/mol. The van der Waals surface area contributed by atoms with Crippen molar-refractivity contribution in [1.29, 1.82) is 0 Å². The van der Waals surface area contributed by atoms with Crippen LogP contribution in [0.25, 0.3) is 5.76 Å². The lowest BCUT2D eigenvalue weighted by Gasteiger charge is -2.36. The molecule has 118 valence electrons. The number of ether oxygens (including phenoxy) is 3. The van der Waals surface area contributed by atoms with Gasteiger partial charge in [-0.1, -0.05) is 12.1 Å². The van der Waals surface area contributed by atoms with Crippen LogP contribution in [-0.2, 0) is 9.47 Å². The van der Waals surface area contributed by atoms with Crippen LogP contribution in [0.4, 0.5) is 0 Å². The van der Waals surface area contributed by atoms with E-state index in [4.69, 9.17) is 14.2 Å². The highest BCUT2D eigenvalue weighted by atomic mass is 16.5. The molecule has 4 heteroatoms. The highest BCUT2D eigenvalue weighted by Gasteiger charge is 2.37. The summed E-state index contributed by atoms with van der Waals surface area (Å²) in [5, 5.41) is 10.6. The van der Waals surface area contributed by atoms with Crippen LogP contribution in [0.5, 0.6) is 5.75 Å². The Morgan fingerprint density at radius 1 is 1.05 bits per heavy atom. The van der Waals surface area contributed by atoms with Crippen LogP contribution in [0.1, 0.15) is 33.3 Å². The lowest BCUT2D eigenvalue weighted by Crippen LogP contribution is -2.39. The molecule has 0 aliphatic heterocycles. The van der Waals surface area contributed by atoms with Gasteiger partial charge in [-0.3, -0.25) is 0 Å². The third kappa shape index (κ3) is 3.99. The molecule has 0 atom stereocenters. The predicted octanol–water partition coefficient (Wildman–Crippen LogP) is 3.25. The quantitative estimate of drug-likeness (QED) is 0.818. The molecular weight excluding hydrogens is 268 g/mol. The smallest absolute Gasteiger partial charge is 0.131 e. The lowest BCUT2D eigenvalue weighted by atomic mass is 9.82. The number of rotatable bonds is 6. The Hall–Kier alpha value is -1.52. The van der Waals surface area contributed by atoms with Gasteiger partial charge in [0.2, 0.25) is 0 Å². The standard InChI is InChI=1S/C17H26O4/c1-16(2,18)15(17(3,4)21-7)14(20-6)12-9-8-10-13(11-12)19-5/h8-11,18H,1-7H3/b15-14-. The van der Waals surface area contributed by atoms with Crippen LogP contribution in [0.15, 0.2) is 29.8 Å². The second kappa shape index (κ2) is 6.50. The molecule has 0 saturated carbocycles. The number of hydrogen-bond acceptors (Lipinski definition) is 4. The van der Waals surface area contributed by atoms with Crippen molar-refractivity contribution in [2.24, 2.45) is 0 Å². The fourth-order valence-electron chi connectivity index (χ4n) is 2.52. The highest BCUT2D eigenvalue weighted by molar-refractivity contribution is 5.67. The van der Waals surface area contributed by atoms with Gasteiger partial charge in [0.15, 0.2) is 0 Å². The minimum atomic E-state index is -1.09. The van der Waals surface area contributed by atoms with Crippen molar-refractivity contribution in [1.82, 2.24) is 0 Å². The van der Waals surface area contributed by atoms with E-state index in [1.807, 2.05) is 38.1 Å². The number of aliphatic hydroxyl groups is 1. The minimum Gasteiger partial charge on any atom is -0.497 e. The molecule has 4 nitrogen and oxygen atoms in total. The summed E-state index contributed by atoms with van der Waals surface area (Å²) in [5.41, 5.74) is -0.256. The van der Waals surface area contributed by atoms with Crippen LogP contribution >= 0.6 is 0 Å². The fraction of sp³-hybridized carbons (Fsp3) is 0.529. The molecule has 1 rings (SSSR count). The summed E-state index contributed by atoms with van der Waals surface area (Å²) in [4.78, 5) is 0. The lowest BCUT2D eigenvalue weighted by molar-refractivity contribution is 0.00674. The Labute approximate surface area is 127 Å². The third-order valence-electron chi connectivity index (χ3n) is 3.49. The average molecular weight is 294 g/mol. The summed E-state index contributed by atoms with van der Waals surface area (Å²) >= 11 is 0. The van der Waals surface area contributed by atoms with E-state index in [1.54, 1.807) is 35.2 Å². The summed E-state index contributed by atoms with van der Waals surface area (Å²) in [6.07, 6.45) is 0. The van der Waals surface area contributed by atoms with E-state index in [0.717, 1.165) is 11.3 Å². The zero-order valence-electron chi connectivity index (χ0n) is 14.0. The van der Waals surface area contributed by atoms with Crippen LogP contribution in [-0.4, -0.2) is 37.6 Å². The molecule has 1 aromatic rings. The Balaban J connectivity index is 3.60. The summed E-state index contributed by atoms with van der Waals surface area (Å²) in [7, 11) is 4.82. The largest absolute Gasteiger partial charge is 0.497 e. The van der Waals surface area contributed by atoms with E-state index in [-0.39, 0.29) is 0 Å². The number of methoxy groups -OCH3 is 3. The Bertz CT molecular complexity index is 510. The van der Waals surface area contributed by atoms with Crippen LogP contribution in [0.2, 0.25) is 0 Å². The van der Waals surface area contributed by atoms with Gasteiger partial charge in [-0.2, -0.15) is 0 Å². The fourth-order valence-corrected chi connectivity index (χ4v) is 2.52. The molecule has 0 aromatic heterocycles. The molecule has 0 unspecified atom stereocenters. The van der Waals surface area contributed by atoms with Gasteiger partial charge in [0.25, 0.3) is 0 Å². The zero-order chi connectivity index (χ0) is 16.3. The first kappa shape index (κ1) is 17.5. The highest BCUT2D eigenvalue weighted by Crippen LogP contribution is 2.37. The molecule has 0 radical (unpaired) electrons. The maximum Gasteiger partial charge on any atom is 0.131 e. The van der Waals surface area contributed by atoms with E-state index in [0.29, 0.717) is 11.3 Å². The molecule has 0 fully saturated rings. The topological polar surface area (TPSA) is 47.9 Å². The van der Waals surface area contributed by atoms with Gasteiger partial charge in [-0.15, -0.1) is 0 Å². The van der Waals surface area contributed by atoms with Gasteiger partial charge >= 0.3 is 0 Å². The molecule has 0 saturated heterocycles. The number of hydrogen-bond donors (Lipinski definition) is 1. The van der Waals surface area contributed by atoms with Crippen LogP contribution in [0, 0.1) is 0 Å². The summed E-state index contributed by atoms with van der Waals surface area (Å²) in [6, 6.07) is 7.53. The molecule has 0 amide bonds.